The number of alkyl carbamates (subject to hydrolysis) is 1. The summed E-state index contributed by atoms with van der Waals surface area (Å²) in [5.41, 5.74) is 1.72. The molecule has 0 aliphatic carbocycles. The first-order valence-electron chi connectivity index (χ1n) is 6.55. The Morgan fingerprint density at radius 3 is 2.90 bits per heavy atom. The monoisotopic (exact) mass is 292 g/mol. The van der Waals surface area contributed by atoms with Crippen LogP contribution in [0.15, 0.2) is 35.9 Å². The molecule has 0 saturated carbocycles. The largest absolute Gasteiger partial charge is 0.444 e. The number of nitrogens with zero attached hydrogens (tertiary/aromatic N) is 1. The fraction of sp³-hybridized carbons (Fsp3) is 0.400. The van der Waals surface area contributed by atoms with Crippen LogP contribution in [-0.2, 0) is 11.3 Å². The van der Waals surface area contributed by atoms with E-state index in [4.69, 9.17) is 4.74 Å². The molecule has 1 heterocycles. The molecule has 0 saturated heterocycles. The number of hydrogen-bond donors (Lipinski definition) is 1. The molecule has 20 heavy (non-hydrogen) atoms. The number of amides is 1. The first-order chi connectivity index (χ1) is 9.44. The van der Waals surface area contributed by atoms with E-state index in [0.29, 0.717) is 6.54 Å². The molecule has 1 amide bonds. The molecule has 0 spiro atoms. The van der Waals surface area contributed by atoms with Crippen molar-refractivity contribution >= 4 is 23.5 Å². The van der Waals surface area contributed by atoms with Gasteiger partial charge in [-0.2, -0.15) is 0 Å². The number of rotatable bonds is 3. The lowest BCUT2D eigenvalue weighted by Crippen LogP contribution is -2.32. The first kappa shape index (κ1) is 14.8. The number of benzene rings is 1. The molecular formula is C15H20N2O2S. The number of nitrogens with one attached hydrogen (secondary N) is 1. The topological polar surface area (TPSA) is 41.6 Å². The minimum Gasteiger partial charge on any atom is -0.444 e. The summed E-state index contributed by atoms with van der Waals surface area (Å²) >= 11 is 1.76. The van der Waals surface area contributed by atoms with Crippen LogP contribution in [0.25, 0.3) is 0 Å². The summed E-state index contributed by atoms with van der Waals surface area (Å²) < 4.78 is 5.21. The molecule has 2 rings (SSSR count). The Morgan fingerprint density at radius 2 is 2.25 bits per heavy atom. The zero-order chi connectivity index (χ0) is 14.6. The van der Waals surface area contributed by atoms with Crippen molar-refractivity contribution in [3.63, 3.8) is 0 Å². The summed E-state index contributed by atoms with van der Waals surface area (Å²) in [7, 11) is 0. The van der Waals surface area contributed by atoms with E-state index in [1.165, 1.54) is 0 Å². The summed E-state index contributed by atoms with van der Waals surface area (Å²) in [5.74, 6) is 0.933. The molecule has 5 heteroatoms. The summed E-state index contributed by atoms with van der Waals surface area (Å²) in [6.45, 7) is 6.02. The second-order valence-electron chi connectivity index (χ2n) is 5.58. The summed E-state index contributed by atoms with van der Waals surface area (Å²) in [5, 5.41) is 4.85. The second-order valence-corrected chi connectivity index (χ2v) is 6.44. The third kappa shape index (κ3) is 4.49. The summed E-state index contributed by atoms with van der Waals surface area (Å²) in [6, 6.07) is 8.13. The van der Waals surface area contributed by atoms with Crippen LogP contribution in [0.3, 0.4) is 0 Å². The highest BCUT2D eigenvalue weighted by Gasteiger charge is 2.15. The predicted molar refractivity (Wildman–Crippen MR) is 83.6 cm³/mol. The molecule has 108 valence electrons. The molecule has 0 fully saturated rings. The molecule has 1 aromatic carbocycles. The number of ether oxygens (including phenoxy) is 1. The van der Waals surface area contributed by atoms with Crippen LogP contribution in [0.5, 0.6) is 0 Å². The van der Waals surface area contributed by atoms with Gasteiger partial charge in [-0.15, -0.1) is 11.8 Å². The zero-order valence-corrected chi connectivity index (χ0v) is 12.9. The van der Waals surface area contributed by atoms with E-state index in [9.17, 15) is 4.79 Å². The van der Waals surface area contributed by atoms with Crippen molar-refractivity contribution in [1.82, 2.24) is 5.32 Å². The molecule has 1 aromatic rings. The normalized spacial score (nSPS) is 14.4. The average molecular weight is 292 g/mol. The van der Waals surface area contributed by atoms with Crippen molar-refractivity contribution in [3.8, 4) is 0 Å². The van der Waals surface area contributed by atoms with E-state index >= 15 is 0 Å². The van der Waals surface area contributed by atoms with Crippen molar-refractivity contribution in [2.45, 2.75) is 32.9 Å². The van der Waals surface area contributed by atoms with E-state index in [-0.39, 0.29) is 6.09 Å². The quantitative estimate of drug-likeness (QED) is 0.922. The molecule has 1 aliphatic heterocycles. The zero-order valence-electron chi connectivity index (χ0n) is 12.1. The van der Waals surface area contributed by atoms with Crippen LogP contribution in [0, 0.1) is 0 Å². The van der Waals surface area contributed by atoms with E-state index < -0.39 is 5.60 Å². The fourth-order valence-corrected chi connectivity index (χ4v) is 2.49. The van der Waals surface area contributed by atoms with E-state index in [1.54, 1.807) is 11.8 Å². The summed E-state index contributed by atoms with van der Waals surface area (Å²) in [6.07, 6.45) is 1.67. The van der Waals surface area contributed by atoms with E-state index in [1.807, 2.05) is 32.9 Å². The maximum atomic E-state index is 11.6. The van der Waals surface area contributed by atoms with Crippen LogP contribution in [0.4, 0.5) is 10.5 Å². The smallest absolute Gasteiger partial charge is 0.407 e. The predicted octanol–water partition coefficient (Wildman–Crippen LogP) is 3.69. The number of carbonyl (C=O) groups excluding carboxylic acids is 1. The van der Waals surface area contributed by atoms with Gasteiger partial charge in [-0.05, 0) is 43.9 Å². The molecule has 0 atom stereocenters. The van der Waals surface area contributed by atoms with Crippen molar-refractivity contribution < 1.29 is 9.53 Å². The van der Waals surface area contributed by atoms with Gasteiger partial charge in [-0.1, -0.05) is 12.1 Å². The second kappa shape index (κ2) is 6.22. The molecule has 1 N–H and O–H groups in total. The van der Waals surface area contributed by atoms with Crippen LogP contribution in [0.1, 0.15) is 26.3 Å². The Kier molecular flexibility index (Phi) is 4.60. The Morgan fingerprint density at radius 1 is 1.45 bits per heavy atom. The van der Waals surface area contributed by atoms with Gasteiger partial charge in [0.05, 0.1) is 5.88 Å². The van der Waals surface area contributed by atoms with Crippen molar-refractivity contribution in [2.24, 2.45) is 0 Å². The first-order valence-corrected chi connectivity index (χ1v) is 7.60. The fourth-order valence-electron chi connectivity index (χ4n) is 1.78. The van der Waals surface area contributed by atoms with Crippen LogP contribution in [-0.4, -0.2) is 17.6 Å². The molecule has 1 aliphatic rings. The Bertz CT molecular complexity index is 509. The number of hydrogen-bond acceptors (Lipinski definition) is 4. The van der Waals surface area contributed by atoms with Crippen LogP contribution < -0.4 is 10.2 Å². The van der Waals surface area contributed by atoms with Gasteiger partial charge in [0.25, 0.3) is 0 Å². The maximum absolute atomic E-state index is 11.6. The molecule has 0 unspecified atom stereocenters. The molecular weight excluding hydrogens is 272 g/mol. The summed E-state index contributed by atoms with van der Waals surface area (Å²) in [4.78, 5) is 13.8. The van der Waals surface area contributed by atoms with Crippen LogP contribution >= 0.6 is 11.8 Å². The highest BCUT2D eigenvalue weighted by molar-refractivity contribution is 8.02. The van der Waals surface area contributed by atoms with Gasteiger partial charge < -0.3 is 15.0 Å². The maximum Gasteiger partial charge on any atom is 0.407 e. The van der Waals surface area contributed by atoms with Gasteiger partial charge in [-0.25, -0.2) is 4.79 Å². The van der Waals surface area contributed by atoms with Gasteiger partial charge in [-0.3, -0.25) is 0 Å². The van der Waals surface area contributed by atoms with Crippen molar-refractivity contribution in [3.05, 3.63) is 41.4 Å². The lowest BCUT2D eigenvalue weighted by molar-refractivity contribution is 0.0523. The Balaban J connectivity index is 1.91. The molecule has 0 radical (unpaired) electrons. The minimum absolute atomic E-state index is 0.389. The highest BCUT2D eigenvalue weighted by atomic mass is 32.2. The minimum atomic E-state index is -0.469. The number of anilines is 1. The van der Waals surface area contributed by atoms with Crippen LogP contribution in [0.2, 0.25) is 0 Å². The molecule has 0 aromatic heterocycles. The molecule has 4 nitrogen and oxygen atoms in total. The van der Waals surface area contributed by atoms with E-state index in [2.05, 4.69) is 34.0 Å². The molecule has 0 bridgehead atoms. The number of carbonyl (C=O) groups is 1. The lowest BCUT2D eigenvalue weighted by Gasteiger charge is -2.20. The highest BCUT2D eigenvalue weighted by Crippen LogP contribution is 2.24. The number of thioether (sulfide) groups is 1. The van der Waals surface area contributed by atoms with Gasteiger partial charge in [0.2, 0.25) is 0 Å². The van der Waals surface area contributed by atoms with E-state index in [0.717, 1.165) is 17.1 Å². The van der Waals surface area contributed by atoms with Gasteiger partial charge in [0.15, 0.2) is 0 Å². The van der Waals surface area contributed by atoms with Gasteiger partial charge in [0, 0.05) is 18.4 Å². The van der Waals surface area contributed by atoms with Gasteiger partial charge in [0.1, 0.15) is 5.60 Å². The third-order valence-corrected chi connectivity index (χ3v) is 3.37. The Hall–Kier alpha value is -1.62. The van der Waals surface area contributed by atoms with Crippen molar-refractivity contribution in [1.29, 1.82) is 0 Å². The Labute approximate surface area is 124 Å². The van der Waals surface area contributed by atoms with Crippen molar-refractivity contribution in [2.75, 3.05) is 10.8 Å². The third-order valence-electron chi connectivity index (χ3n) is 2.63. The van der Waals surface area contributed by atoms with Gasteiger partial charge >= 0.3 is 6.09 Å². The SMILES string of the molecule is CC(C)(C)OC(=O)NCc1cccc(N2C=CSC2)c1. The standard InChI is InChI=1S/C15H20N2O2S/c1-15(2,3)19-14(18)16-10-12-5-4-6-13(9-12)17-7-8-20-11-17/h4-9H,10-11H2,1-3H3,(H,16,18). The lowest BCUT2D eigenvalue weighted by atomic mass is 10.2. The average Bonchev–Trinajstić information content (AvgIpc) is 2.88.